The molecular weight excluding hydrogens is 326 g/mol. The van der Waals surface area contributed by atoms with Crippen molar-refractivity contribution in [1.82, 2.24) is 14.8 Å². The van der Waals surface area contributed by atoms with Gasteiger partial charge in [-0.05, 0) is 25.0 Å². The fourth-order valence-corrected chi connectivity index (χ4v) is 4.10. The van der Waals surface area contributed by atoms with Crippen molar-refractivity contribution in [2.75, 3.05) is 36.5 Å². The first-order valence-corrected chi connectivity index (χ1v) is 9.84. The van der Waals surface area contributed by atoms with E-state index in [4.69, 9.17) is 9.84 Å². The summed E-state index contributed by atoms with van der Waals surface area (Å²) in [5.41, 5.74) is 3.76. The van der Waals surface area contributed by atoms with Gasteiger partial charge in [0.2, 0.25) is 0 Å². The number of anilines is 2. The molecule has 2 aromatic heterocycles. The zero-order valence-electron chi connectivity index (χ0n) is 15.7. The van der Waals surface area contributed by atoms with Gasteiger partial charge in [-0.1, -0.05) is 19.3 Å². The molecule has 1 saturated heterocycles. The summed E-state index contributed by atoms with van der Waals surface area (Å²) in [4.78, 5) is 6.92. The number of hydrogen-bond acceptors (Lipinski definition) is 5. The van der Waals surface area contributed by atoms with Crippen molar-refractivity contribution >= 4 is 11.5 Å². The summed E-state index contributed by atoms with van der Waals surface area (Å²) in [6.45, 7) is 4.25. The lowest BCUT2D eigenvalue weighted by Crippen LogP contribution is -2.36. The molecule has 2 aromatic rings. The third-order valence-corrected chi connectivity index (χ3v) is 5.51. The van der Waals surface area contributed by atoms with Gasteiger partial charge in [0, 0.05) is 44.4 Å². The van der Waals surface area contributed by atoms with Crippen LogP contribution < -0.4 is 10.2 Å². The lowest BCUT2D eigenvalue weighted by Gasteiger charge is -2.28. The van der Waals surface area contributed by atoms with Crippen LogP contribution in [0.1, 0.15) is 49.3 Å². The Kier molecular flexibility index (Phi) is 5.39. The van der Waals surface area contributed by atoms with Crippen LogP contribution in [0.5, 0.6) is 0 Å². The van der Waals surface area contributed by atoms with E-state index in [0.717, 1.165) is 38.7 Å². The minimum Gasteiger partial charge on any atom is -0.378 e. The van der Waals surface area contributed by atoms with E-state index in [1.165, 1.54) is 49.0 Å². The third-order valence-electron chi connectivity index (χ3n) is 5.51. The summed E-state index contributed by atoms with van der Waals surface area (Å²) in [6.07, 6.45) is 10.7. The Labute approximate surface area is 155 Å². The van der Waals surface area contributed by atoms with Gasteiger partial charge in [-0.3, -0.25) is 4.68 Å². The standard InChI is InChI=1S/C20H29N5O/c1-24-15-17(20(23-24)16-5-3-2-4-6-16)13-21-19-8-7-18(14-22-19)25-9-11-26-12-10-25/h7-8,14-16H,2-6,9-13H2,1H3,(H,21,22). The van der Waals surface area contributed by atoms with Crippen LogP contribution in [0, 0.1) is 0 Å². The Morgan fingerprint density at radius 1 is 1.15 bits per heavy atom. The molecule has 26 heavy (non-hydrogen) atoms. The number of nitrogens with one attached hydrogen (secondary N) is 1. The predicted molar refractivity (Wildman–Crippen MR) is 104 cm³/mol. The maximum atomic E-state index is 5.41. The second-order valence-corrected chi connectivity index (χ2v) is 7.40. The van der Waals surface area contributed by atoms with E-state index in [-0.39, 0.29) is 0 Å². The Hall–Kier alpha value is -2.08. The summed E-state index contributed by atoms with van der Waals surface area (Å²) in [5.74, 6) is 1.54. The van der Waals surface area contributed by atoms with E-state index in [1.807, 2.05) is 17.9 Å². The monoisotopic (exact) mass is 355 g/mol. The second kappa shape index (κ2) is 8.08. The smallest absolute Gasteiger partial charge is 0.126 e. The number of rotatable bonds is 5. The molecule has 0 unspecified atom stereocenters. The highest BCUT2D eigenvalue weighted by molar-refractivity contribution is 5.50. The fourth-order valence-electron chi connectivity index (χ4n) is 4.10. The van der Waals surface area contributed by atoms with Crippen molar-refractivity contribution in [1.29, 1.82) is 0 Å². The van der Waals surface area contributed by atoms with Gasteiger partial charge >= 0.3 is 0 Å². The molecule has 0 spiro atoms. The molecule has 1 N–H and O–H groups in total. The SMILES string of the molecule is Cn1cc(CNc2ccc(N3CCOCC3)cn2)c(C2CCCCC2)n1. The molecule has 4 rings (SSSR count). The fraction of sp³-hybridized carbons (Fsp3) is 0.600. The Morgan fingerprint density at radius 2 is 1.96 bits per heavy atom. The molecule has 1 aliphatic carbocycles. The lowest BCUT2D eigenvalue weighted by atomic mass is 9.85. The molecule has 0 radical (unpaired) electrons. The number of aromatic nitrogens is 3. The molecule has 0 atom stereocenters. The minimum atomic E-state index is 0.624. The Morgan fingerprint density at radius 3 is 2.69 bits per heavy atom. The van der Waals surface area contributed by atoms with E-state index in [0.29, 0.717) is 5.92 Å². The number of hydrogen-bond donors (Lipinski definition) is 1. The number of aryl methyl sites for hydroxylation is 1. The van der Waals surface area contributed by atoms with Crippen molar-refractivity contribution in [3.05, 3.63) is 35.8 Å². The molecule has 1 aliphatic heterocycles. The number of ether oxygens (including phenoxy) is 1. The van der Waals surface area contributed by atoms with E-state index < -0.39 is 0 Å². The van der Waals surface area contributed by atoms with E-state index >= 15 is 0 Å². The molecule has 1 saturated carbocycles. The van der Waals surface area contributed by atoms with Gasteiger partial charge in [0.1, 0.15) is 5.82 Å². The van der Waals surface area contributed by atoms with Gasteiger partial charge in [-0.15, -0.1) is 0 Å². The molecule has 3 heterocycles. The van der Waals surface area contributed by atoms with Crippen LogP contribution in [0.3, 0.4) is 0 Å². The van der Waals surface area contributed by atoms with Crippen LogP contribution >= 0.6 is 0 Å². The van der Waals surface area contributed by atoms with Crippen molar-refractivity contribution in [3.8, 4) is 0 Å². The maximum absolute atomic E-state index is 5.41. The van der Waals surface area contributed by atoms with Crippen molar-refractivity contribution in [2.24, 2.45) is 7.05 Å². The highest BCUT2D eigenvalue weighted by atomic mass is 16.5. The average Bonchev–Trinajstić information content (AvgIpc) is 3.09. The Balaban J connectivity index is 1.39. The first kappa shape index (κ1) is 17.3. The van der Waals surface area contributed by atoms with Gasteiger partial charge in [0.15, 0.2) is 0 Å². The van der Waals surface area contributed by atoms with Crippen molar-refractivity contribution in [3.63, 3.8) is 0 Å². The number of nitrogens with zero attached hydrogens (tertiary/aromatic N) is 4. The van der Waals surface area contributed by atoms with Gasteiger partial charge in [0.05, 0.1) is 30.8 Å². The summed E-state index contributed by atoms with van der Waals surface area (Å²) in [5, 5.41) is 8.24. The van der Waals surface area contributed by atoms with Crippen LogP contribution in [0.15, 0.2) is 24.5 Å². The zero-order valence-corrected chi connectivity index (χ0v) is 15.7. The van der Waals surface area contributed by atoms with Crippen LogP contribution in [-0.2, 0) is 18.3 Å². The maximum Gasteiger partial charge on any atom is 0.126 e. The summed E-state index contributed by atoms with van der Waals surface area (Å²) in [7, 11) is 2.02. The molecule has 6 heteroatoms. The topological polar surface area (TPSA) is 55.2 Å². The van der Waals surface area contributed by atoms with Crippen LogP contribution in [0.2, 0.25) is 0 Å². The average molecular weight is 355 g/mol. The van der Waals surface area contributed by atoms with Gasteiger partial charge < -0.3 is 15.0 Å². The molecule has 2 fully saturated rings. The van der Waals surface area contributed by atoms with Crippen LogP contribution in [-0.4, -0.2) is 41.1 Å². The highest BCUT2D eigenvalue weighted by Gasteiger charge is 2.21. The van der Waals surface area contributed by atoms with Gasteiger partial charge in [0.25, 0.3) is 0 Å². The molecule has 2 aliphatic rings. The molecule has 0 bridgehead atoms. The van der Waals surface area contributed by atoms with Gasteiger partial charge in [-0.2, -0.15) is 5.10 Å². The lowest BCUT2D eigenvalue weighted by molar-refractivity contribution is 0.122. The summed E-state index contributed by atoms with van der Waals surface area (Å²) < 4.78 is 7.37. The van der Waals surface area contributed by atoms with Crippen LogP contribution in [0.4, 0.5) is 11.5 Å². The molecule has 0 amide bonds. The van der Waals surface area contributed by atoms with E-state index in [9.17, 15) is 0 Å². The van der Waals surface area contributed by atoms with Crippen LogP contribution in [0.25, 0.3) is 0 Å². The highest BCUT2D eigenvalue weighted by Crippen LogP contribution is 2.33. The number of pyridine rings is 1. The molecule has 0 aromatic carbocycles. The normalized spacial score (nSPS) is 18.9. The first-order chi connectivity index (χ1) is 12.8. The van der Waals surface area contributed by atoms with E-state index in [2.05, 4.69) is 33.5 Å². The van der Waals surface area contributed by atoms with Crippen molar-refractivity contribution < 1.29 is 4.74 Å². The summed E-state index contributed by atoms with van der Waals surface area (Å²) in [6, 6.07) is 4.22. The Bertz CT molecular complexity index is 699. The second-order valence-electron chi connectivity index (χ2n) is 7.40. The molecular formula is C20H29N5O. The summed E-state index contributed by atoms with van der Waals surface area (Å²) >= 11 is 0. The van der Waals surface area contributed by atoms with Gasteiger partial charge in [-0.25, -0.2) is 4.98 Å². The largest absolute Gasteiger partial charge is 0.378 e. The molecule has 140 valence electrons. The zero-order chi connectivity index (χ0) is 17.8. The van der Waals surface area contributed by atoms with Crippen molar-refractivity contribution in [2.45, 2.75) is 44.6 Å². The first-order valence-electron chi connectivity index (χ1n) is 9.84. The number of morpholine rings is 1. The minimum absolute atomic E-state index is 0.624. The van der Waals surface area contributed by atoms with E-state index in [1.54, 1.807) is 0 Å². The third kappa shape index (κ3) is 4.01. The quantitative estimate of drug-likeness (QED) is 0.892. The molecule has 6 nitrogen and oxygen atoms in total. The predicted octanol–water partition coefficient (Wildman–Crippen LogP) is 3.31.